The first kappa shape index (κ1) is 22.5. The Morgan fingerprint density at radius 3 is 2.43 bits per heavy atom. The molecule has 0 atom stereocenters. The topological polar surface area (TPSA) is 63.6 Å². The number of nitrogens with one attached hydrogen (secondary N) is 1. The van der Waals surface area contributed by atoms with Crippen molar-refractivity contribution in [3.8, 4) is 22.5 Å². The monoisotopic (exact) mass is 488 g/mol. The first-order chi connectivity index (χ1) is 18.2. The van der Waals surface area contributed by atoms with Crippen molar-refractivity contribution in [2.75, 3.05) is 0 Å². The number of carbonyl (C=O) groups is 1. The molecule has 0 aliphatic heterocycles. The highest BCUT2D eigenvalue weighted by Crippen LogP contribution is 2.38. The van der Waals surface area contributed by atoms with Gasteiger partial charge in [0.05, 0.1) is 5.52 Å². The summed E-state index contributed by atoms with van der Waals surface area (Å²) >= 11 is 0. The number of H-pyrrole nitrogens is 1. The van der Waals surface area contributed by atoms with E-state index < -0.39 is 0 Å². The molecule has 37 heavy (non-hydrogen) atoms. The Morgan fingerprint density at radius 2 is 1.62 bits per heavy atom. The van der Waals surface area contributed by atoms with Gasteiger partial charge in [0.25, 0.3) is 0 Å². The molecule has 2 aliphatic rings. The summed E-state index contributed by atoms with van der Waals surface area (Å²) in [7, 11) is 0. The van der Waals surface area contributed by atoms with Gasteiger partial charge in [0.2, 0.25) is 0 Å². The van der Waals surface area contributed by atoms with E-state index >= 15 is 0 Å². The number of pyridine rings is 1. The van der Waals surface area contributed by atoms with Crippen LogP contribution in [0.3, 0.4) is 0 Å². The molecule has 0 saturated heterocycles. The minimum absolute atomic E-state index is 0.396. The fourth-order valence-electron chi connectivity index (χ4n) is 6.14. The number of imidazole rings is 1. The largest absolute Gasteiger partial charge is 0.361 e. The second kappa shape index (κ2) is 9.29. The SMILES string of the molecule is O=C(CC1CCC(Cn2c(-c3ccc(-c4ccc5cc[nH]c5c4)cc3)nc3ncccc32)CC1)C1CC1. The van der Waals surface area contributed by atoms with Gasteiger partial charge in [-0.25, -0.2) is 9.97 Å². The smallest absolute Gasteiger partial charge is 0.178 e. The first-order valence-corrected chi connectivity index (χ1v) is 13.7. The molecule has 2 aliphatic carbocycles. The molecule has 0 unspecified atom stereocenters. The van der Waals surface area contributed by atoms with Gasteiger partial charge in [-0.05, 0) is 91.1 Å². The van der Waals surface area contributed by atoms with Gasteiger partial charge in [-0.2, -0.15) is 0 Å². The Hall–Kier alpha value is -3.73. The fraction of sp³-hybridized carbons (Fsp3) is 0.344. The Balaban J connectivity index is 1.13. The molecule has 0 spiro atoms. The molecular formula is C32H32N4O. The Labute approximate surface area is 217 Å². The predicted molar refractivity (Wildman–Crippen MR) is 148 cm³/mol. The van der Waals surface area contributed by atoms with E-state index in [9.17, 15) is 4.79 Å². The fourth-order valence-corrected chi connectivity index (χ4v) is 6.14. The molecule has 2 fully saturated rings. The third-order valence-electron chi connectivity index (χ3n) is 8.49. The maximum atomic E-state index is 12.3. The maximum absolute atomic E-state index is 12.3. The van der Waals surface area contributed by atoms with Crippen molar-refractivity contribution in [1.82, 2.24) is 19.5 Å². The number of rotatable bonds is 7. The van der Waals surface area contributed by atoms with Gasteiger partial charge in [0, 0.05) is 42.4 Å². The molecule has 0 amide bonds. The van der Waals surface area contributed by atoms with Crippen LogP contribution in [0, 0.1) is 17.8 Å². The van der Waals surface area contributed by atoms with Crippen molar-refractivity contribution in [3.63, 3.8) is 0 Å². The molecule has 186 valence electrons. The van der Waals surface area contributed by atoms with Gasteiger partial charge in [-0.1, -0.05) is 36.4 Å². The highest BCUT2D eigenvalue weighted by molar-refractivity contribution is 5.85. The molecule has 2 saturated carbocycles. The Bertz CT molecular complexity index is 1570. The van der Waals surface area contributed by atoms with Crippen molar-refractivity contribution in [2.45, 2.75) is 51.5 Å². The summed E-state index contributed by atoms with van der Waals surface area (Å²) in [6.45, 7) is 0.950. The van der Waals surface area contributed by atoms with E-state index in [4.69, 9.17) is 4.98 Å². The van der Waals surface area contributed by atoms with Crippen LogP contribution in [0.2, 0.25) is 0 Å². The number of aromatic amines is 1. The van der Waals surface area contributed by atoms with E-state index in [1.54, 1.807) is 0 Å². The summed E-state index contributed by atoms with van der Waals surface area (Å²) in [4.78, 5) is 25.1. The second-order valence-electron chi connectivity index (χ2n) is 11.1. The summed E-state index contributed by atoms with van der Waals surface area (Å²) < 4.78 is 2.38. The molecule has 0 radical (unpaired) electrons. The average Bonchev–Trinajstić information content (AvgIpc) is 3.59. The van der Waals surface area contributed by atoms with Crippen LogP contribution in [0.5, 0.6) is 0 Å². The maximum Gasteiger partial charge on any atom is 0.178 e. The summed E-state index contributed by atoms with van der Waals surface area (Å²) in [5, 5.41) is 1.23. The highest BCUT2D eigenvalue weighted by atomic mass is 16.1. The predicted octanol–water partition coefficient (Wildman–Crippen LogP) is 7.42. The minimum atomic E-state index is 0.396. The standard InChI is InChI=1S/C32H32N4O/c37-30(25-10-11-25)18-21-3-5-22(6-4-21)20-36-29-2-1-16-34-31(29)35-32(36)26-12-7-23(8-13-26)27-14-9-24-15-17-33-28(24)19-27/h1-2,7-9,12-17,19,21-22,25,33H,3-6,10-11,18,20H2. The number of carbonyl (C=O) groups excluding carboxylic acids is 1. The van der Waals surface area contributed by atoms with Crippen molar-refractivity contribution in [3.05, 3.63) is 73.1 Å². The molecule has 0 bridgehead atoms. The zero-order valence-corrected chi connectivity index (χ0v) is 21.1. The van der Waals surface area contributed by atoms with Crippen LogP contribution < -0.4 is 0 Å². The zero-order chi connectivity index (χ0) is 24.8. The van der Waals surface area contributed by atoms with Crippen LogP contribution in [0.4, 0.5) is 0 Å². The number of fused-ring (bicyclic) bond motifs is 2. The summed E-state index contributed by atoms with van der Waals surface area (Å²) in [6.07, 6.45) is 11.6. The lowest BCUT2D eigenvalue weighted by molar-refractivity contribution is -0.121. The zero-order valence-electron chi connectivity index (χ0n) is 21.1. The van der Waals surface area contributed by atoms with Crippen LogP contribution in [-0.2, 0) is 11.3 Å². The molecule has 5 nitrogen and oxygen atoms in total. The summed E-state index contributed by atoms with van der Waals surface area (Å²) in [5.41, 5.74) is 6.58. The first-order valence-electron chi connectivity index (χ1n) is 13.7. The van der Waals surface area contributed by atoms with E-state index in [1.807, 2.05) is 18.5 Å². The minimum Gasteiger partial charge on any atom is -0.361 e. The molecule has 2 aromatic carbocycles. The van der Waals surface area contributed by atoms with Crippen molar-refractivity contribution < 1.29 is 4.79 Å². The molecule has 3 aromatic heterocycles. The van der Waals surface area contributed by atoms with Crippen LogP contribution in [0.1, 0.15) is 44.9 Å². The van der Waals surface area contributed by atoms with Gasteiger partial charge in [0.15, 0.2) is 5.65 Å². The van der Waals surface area contributed by atoms with Gasteiger partial charge in [-0.3, -0.25) is 4.79 Å². The van der Waals surface area contributed by atoms with Gasteiger partial charge < -0.3 is 9.55 Å². The number of benzene rings is 2. The highest BCUT2D eigenvalue weighted by Gasteiger charge is 2.32. The quantitative estimate of drug-likeness (QED) is 0.259. The average molecular weight is 489 g/mol. The molecule has 1 N–H and O–H groups in total. The van der Waals surface area contributed by atoms with Crippen LogP contribution in [0.25, 0.3) is 44.6 Å². The van der Waals surface area contributed by atoms with E-state index in [2.05, 4.69) is 69.1 Å². The second-order valence-corrected chi connectivity index (χ2v) is 11.1. The van der Waals surface area contributed by atoms with Crippen LogP contribution in [0.15, 0.2) is 73.1 Å². The molecule has 5 heteroatoms. The lowest BCUT2D eigenvalue weighted by atomic mass is 9.79. The van der Waals surface area contributed by atoms with Gasteiger partial charge in [-0.15, -0.1) is 0 Å². The Morgan fingerprint density at radius 1 is 0.865 bits per heavy atom. The van der Waals surface area contributed by atoms with E-state index in [0.29, 0.717) is 23.5 Å². The normalized spacial score (nSPS) is 20.0. The van der Waals surface area contributed by atoms with Crippen LogP contribution in [-0.4, -0.2) is 25.3 Å². The van der Waals surface area contributed by atoms with Crippen molar-refractivity contribution in [2.24, 2.45) is 17.8 Å². The molecule has 3 heterocycles. The van der Waals surface area contributed by atoms with E-state index in [1.165, 1.54) is 42.2 Å². The lowest BCUT2D eigenvalue weighted by Crippen LogP contribution is -2.21. The third kappa shape index (κ3) is 4.48. The van der Waals surface area contributed by atoms with Gasteiger partial charge >= 0.3 is 0 Å². The number of Topliss-reactive ketones (excluding diaryl/α,β-unsaturated/α-hetero) is 1. The number of ketones is 1. The Kier molecular flexibility index (Phi) is 5.64. The number of hydrogen-bond donors (Lipinski definition) is 1. The van der Waals surface area contributed by atoms with Gasteiger partial charge in [0.1, 0.15) is 11.6 Å². The van der Waals surface area contributed by atoms with Crippen molar-refractivity contribution >= 4 is 27.9 Å². The molecule has 7 rings (SSSR count). The summed E-state index contributed by atoms with van der Waals surface area (Å²) in [6, 6.07) is 21.5. The number of hydrogen-bond acceptors (Lipinski definition) is 3. The molecule has 5 aromatic rings. The van der Waals surface area contributed by atoms with Crippen molar-refractivity contribution in [1.29, 1.82) is 0 Å². The number of nitrogens with zero attached hydrogens (tertiary/aromatic N) is 3. The summed E-state index contributed by atoms with van der Waals surface area (Å²) in [5.74, 6) is 3.10. The number of aromatic nitrogens is 4. The van der Waals surface area contributed by atoms with Crippen LogP contribution >= 0.6 is 0 Å². The van der Waals surface area contributed by atoms with E-state index in [-0.39, 0.29) is 0 Å². The third-order valence-corrected chi connectivity index (χ3v) is 8.49. The lowest BCUT2D eigenvalue weighted by Gasteiger charge is -2.29. The molecular weight excluding hydrogens is 456 g/mol. The van der Waals surface area contributed by atoms with E-state index in [0.717, 1.165) is 53.9 Å².